The van der Waals surface area contributed by atoms with Crippen molar-refractivity contribution in [3.8, 4) is 0 Å². The number of halogens is 1. The maximum absolute atomic E-state index is 13.0. The van der Waals surface area contributed by atoms with Gasteiger partial charge in [0.1, 0.15) is 0 Å². The molecule has 1 aliphatic rings. The summed E-state index contributed by atoms with van der Waals surface area (Å²) in [5.41, 5.74) is 3.51. The zero-order valence-electron chi connectivity index (χ0n) is 15.5. The van der Waals surface area contributed by atoms with Crippen LogP contribution in [0, 0.1) is 12.8 Å². The van der Waals surface area contributed by atoms with Crippen molar-refractivity contribution >= 4 is 34.9 Å². The van der Waals surface area contributed by atoms with Crippen molar-refractivity contribution in [3.63, 3.8) is 0 Å². The highest BCUT2D eigenvalue weighted by molar-refractivity contribution is 6.54. The predicted octanol–water partition coefficient (Wildman–Crippen LogP) is 4.49. The van der Waals surface area contributed by atoms with Gasteiger partial charge in [-0.05, 0) is 42.7 Å². The molecule has 0 atom stereocenters. The van der Waals surface area contributed by atoms with Crippen LogP contribution in [0.2, 0.25) is 5.02 Å². The smallest absolute Gasteiger partial charge is 0.317 e. The summed E-state index contributed by atoms with van der Waals surface area (Å²) in [7, 11) is 0. The van der Waals surface area contributed by atoms with Gasteiger partial charge in [-0.3, -0.25) is 4.79 Å². The van der Waals surface area contributed by atoms with Crippen molar-refractivity contribution in [3.05, 3.63) is 64.2 Å². The van der Waals surface area contributed by atoms with Crippen LogP contribution in [-0.4, -0.2) is 17.6 Å². The first-order chi connectivity index (χ1) is 12.8. The Morgan fingerprint density at radius 3 is 2.56 bits per heavy atom. The number of rotatable bonds is 5. The summed E-state index contributed by atoms with van der Waals surface area (Å²) >= 11 is 5.94. The molecule has 1 aliphatic heterocycles. The first kappa shape index (κ1) is 19.1. The average molecular weight is 385 g/mol. The molecule has 0 spiro atoms. The third-order valence-electron chi connectivity index (χ3n) is 4.21. The van der Waals surface area contributed by atoms with Crippen molar-refractivity contribution in [2.75, 3.05) is 4.90 Å². The summed E-state index contributed by atoms with van der Waals surface area (Å²) in [4.78, 5) is 31.4. The van der Waals surface area contributed by atoms with Crippen molar-refractivity contribution in [2.24, 2.45) is 11.1 Å². The number of nitrogens with zero attached hydrogens (tertiary/aromatic N) is 2. The SMILES string of the molecule is Cc1ccc2c(c1)/C(=N/OC(=O)CC(C)C)C(=O)N2Cc1ccc(Cl)cc1. The van der Waals surface area contributed by atoms with Gasteiger partial charge >= 0.3 is 5.97 Å². The summed E-state index contributed by atoms with van der Waals surface area (Å²) in [5.74, 6) is -0.577. The normalized spacial score (nSPS) is 14.8. The van der Waals surface area contributed by atoms with E-state index in [1.807, 2.05) is 51.1 Å². The van der Waals surface area contributed by atoms with Gasteiger partial charge in [-0.2, -0.15) is 0 Å². The predicted molar refractivity (Wildman–Crippen MR) is 106 cm³/mol. The van der Waals surface area contributed by atoms with Crippen molar-refractivity contribution in [1.82, 2.24) is 0 Å². The first-order valence-corrected chi connectivity index (χ1v) is 9.18. The average Bonchev–Trinajstić information content (AvgIpc) is 2.85. The molecule has 0 radical (unpaired) electrons. The van der Waals surface area contributed by atoms with Gasteiger partial charge in [-0.15, -0.1) is 0 Å². The Labute approximate surface area is 163 Å². The van der Waals surface area contributed by atoms with Crippen LogP contribution >= 0.6 is 11.6 Å². The molecule has 0 unspecified atom stereocenters. The highest BCUT2D eigenvalue weighted by Crippen LogP contribution is 2.32. The molecule has 5 nitrogen and oxygen atoms in total. The molecule has 0 bridgehead atoms. The topological polar surface area (TPSA) is 59.0 Å². The monoisotopic (exact) mass is 384 g/mol. The van der Waals surface area contributed by atoms with Gasteiger partial charge in [-0.1, -0.05) is 54.4 Å². The summed E-state index contributed by atoms with van der Waals surface area (Å²) < 4.78 is 0. The van der Waals surface area contributed by atoms with Crippen LogP contribution in [0.25, 0.3) is 0 Å². The van der Waals surface area contributed by atoms with E-state index >= 15 is 0 Å². The number of fused-ring (bicyclic) bond motifs is 1. The Morgan fingerprint density at radius 2 is 1.89 bits per heavy atom. The molecule has 0 aromatic heterocycles. The number of carbonyl (C=O) groups is 2. The van der Waals surface area contributed by atoms with Crippen LogP contribution in [0.3, 0.4) is 0 Å². The van der Waals surface area contributed by atoms with E-state index in [2.05, 4.69) is 5.16 Å². The van der Waals surface area contributed by atoms with Crippen LogP contribution in [0.15, 0.2) is 47.6 Å². The maximum Gasteiger partial charge on any atom is 0.335 e. The van der Waals surface area contributed by atoms with Crippen molar-refractivity contribution < 1.29 is 14.4 Å². The van der Waals surface area contributed by atoms with Gasteiger partial charge in [-0.25, -0.2) is 4.79 Å². The van der Waals surface area contributed by atoms with Gasteiger partial charge in [0.2, 0.25) is 0 Å². The first-order valence-electron chi connectivity index (χ1n) is 8.80. The lowest BCUT2D eigenvalue weighted by Gasteiger charge is -2.17. The number of aryl methyl sites for hydroxylation is 1. The van der Waals surface area contributed by atoms with Crippen molar-refractivity contribution in [1.29, 1.82) is 0 Å². The lowest BCUT2D eigenvalue weighted by molar-refractivity contribution is -0.144. The number of amides is 1. The molecule has 2 aromatic carbocycles. The summed E-state index contributed by atoms with van der Waals surface area (Å²) in [6.07, 6.45) is 0.250. The number of oxime groups is 1. The number of benzene rings is 2. The van der Waals surface area contributed by atoms with Crippen LogP contribution < -0.4 is 4.90 Å². The van der Waals surface area contributed by atoms with E-state index in [1.54, 1.807) is 17.0 Å². The third-order valence-corrected chi connectivity index (χ3v) is 4.47. The van der Waals surface area contributed by atoms with Crippen LogP contribution in [0.4, 0.5) is 5.69 Å². The summed E-state index contributed by atoms with van der Waals surface area (Å²) in [6, 6.07) is 13.0. The quantitative estimate of drug-likeness (QED) is 0.563. The van der Waals surface area contributed by atoms with Gasteiger partial charge in [0.25, 0.3) is 5.91 Å². The van der Waals surface area contributed by atoms with Crippen LogP contribution in [0.5, 0.6) is 0 Å². The Balaban J connectivity index is 1.90. The minimum atomic E-state index is -0.448. The van der Waals surface area contributed by atoms with E-state index in [-0.39, 0.29) is 24.0 Å². The third kappa shape index (κ3) is 4.37. The molecule has 0 N–H and O–H groups in total. The Hall–Kier alpha value is -2.66. The molecule has 6 heteroatoms. The second kappa shape index (κ2) is 7.92. The number of carbonyl (C=O) groups excluding carboxylic acids is 2. The van der Waals surface area contributed by atoms with Gasteiger partial charge in [0.05, 0.1) is 18.7 Å². The molecule has 0 saturated carbocycles. The van der Waals surface area contributed by atoms with Crippen molar-refractivity contribution in [2.45, 2.75) is 33.7 Å². The van der Waals surface area contributed by atoms with Crippen LogP contribution in [0.1, 0.15) is 37.0 Å². The Kier molecular flexibility index (Phi) is 5.61. The van der Waals surface area contributed by atoms with E-state index in [1.165, 1.54) is 0 Å². The molecule has 2 aromatic rings. The van der Waals surface area contributed by atoms with E-state index in [4.69, 9.17) is 16.4 Å². The number of hydrogen-bond donors (Lipinski definition) is 0. The summed E-state index contributed by atoms with van der Waals surface area (Å²) in [5, 5.41) is 4.54. The van der Waals surface area contributed by atoms with Gasteiger partial charge in [0.15, 0.2) is 5.71 Å². The molecular formula is C21H21ClN2O3. The lowest BCUT2D eigenvalue weighted by Crippen LogP contribution is -2.29. The highest BCUT2D eigenvalue weighted by atomic mass is 35.5. The molecule has 27 heavy (non-hydrogen) atoms. The molecule has 1 heterocycles. The summed E-state index contributed by atoms with van der Waals surface area (Å²) in [6.45, 7) is 6.16. The van der Waals surface area contributed by atoms with E-state index in [0.717, 1.165) is 16.8 Å². The number of anilines is 1. The van der Waals surface area contributed by atoms with Gasteiger partial charge < -0.3 is 9.74 Å². The highest BCUT2D eigenvalue weighted by Gasteiger charge is 2.35. The largest absolute Gasteiger partial charge is 0.335 e. The van der Waals surface area contributed by atoms with E-state index < -0.39 is 5.97 Å². The fourth-order valence-corrected chi connectivity index (χ4v) is 3.04. The minimum absolute atomic E-state index is 0.153. The van der Waals surface area contributed by atoms with Crippen LogP contribution in [-0.2, 0) is 21.0 Å². The van der Waals surface area contributed by atoms with E-state index in [9.17, 15) is 9.59 Å². The Morgan fingerprint density at radius 1 is 1.19 bits per heavy atom. The second-order valence-corrected chi connectivity index (χ2v) is 7.48. The minimum Gasteiger partial charge on any atom is -0.317 e. The molecule has 0 aliphatic carbocycles. The molecule has 0 saturated heterocycles. The molecule has 3 rings (SSSR count). The zero-order chi connectivity index (χ0) is 19.6. The lowest BCUT2D eigenvalue weighted by atomic mass is 10.1. The zero-order valence-corrected chi connectivity index (χ0v) is 16.3. The second-order valence-electron chi connectivity index (χ2n) is 7.04. The Bertz CT molecular complexity index is 904. The molecule has 1 amide bonds. The standard InChI is InChI=1S/C21H21ClN2O3/c1-13(2)10-19(25)27-23-20-17-11-14(3)4-9-18(17)24(21(20)26)12-15-5-7-16(22)8-6-15/h4-9,11,13H,10,12H2,1-3H3/b23-20-. The van der Waals surface area contributed by atoms with Gasteiger partial charge in [0, 0.05) is 10.6 Å². The maximum atomic E-state index is 13.0. The molecule has 140 valence electrons. The molecule has 0 fully saturated rings. The van der Waals surface area contributed by atoms with E-state index in [0.29, 0.717) is 17.1 Å². The molecular weight excluding hydrogens is 364 g/mol. The fraction of sp³-hybridized carbons (Fsp3) is 0.286. The number of hydrogen-bond acceptors (Lipinski definition) is 4. The fourth-order valence-electron chi connectivity index (χ4n) is 2.91.